The molecule has 0 bridgehead atoms. The minimum absolute atomic E-state index is 0.193. The highest BCUT2D eigenvalue weighted by atomic mass is 31.2. The zero-order valence-corrected chi connectivity index (χ0v) is 33.2. The first-order valence-corrected chi connectivity index (χ1v) is 22.2. The van der Waals surface area contributed by atoms with Crippen LogP contribution in [0.1, 0.15) is 206 Å². The Morgan fingerprint density at radius 3 is 1.26 bits per heavy atom. The molecule has 0 saturated heterocycles. The molecule has 1 atom stereocenters. The van der Waals surface area contributed by atoms with E-state index in [0.717, 1.165) is 44.9 Å². The van der Waals surface area contributed by atoms with E-state index in [-0.39, 0.29) is 19.4 Å². The van der Waals surface area contributed by atoms with Gasteiger partial charge in [-0.15, -0.1) is 0 Å². The van der Waals surface area contributed by atoms with Gasteiger partial charge in [0.1, 0.15) is 6.61 Å². The normalized spacial score (nSPS) is 12.6. The smallest absolute Gasteiger partial charge is 0.462 e. The Balaban J connectivity index is 3.93. The number of hydrogen-bond donors (Lipinski definition) is 2. The number of ether oxygens (including phenoxy) is 2. The lowest BCUT2D eigenvalue weighted by Crippen LogP contribution is -2.29. The van der Waals surface area contributed by atoms with Crippen molar-refractivity contribution in [2.24, 2.45) is 0 Å². The van der Waals surface area contributed by atoms with E-state index in [0.29, 0.717) is 6.42 Å². The molecular weight excluding hydrogens is 651 g/mol. The monoisotopic (exact) mass is 729 g/mol. The Morgan fingerprint density at radius 1 is 0.500 bits per heavy atom. The van der Waals surface area contributed by atoms with E-state index in [9.17, 15) is 14.2 Å². The van der Waals surface area contributed by atoms with E-state index in [1.165, 1.54) is 128 Å². The van der Waals surface area contributed by atoms with Gasteiger partial charge in [0.05, 0.1) is 6.61 Å². The molecule has 0 unspecified atom stereocenters. The second-order valence-corrected chi connectivity index (χ2v) is 15.2. The Hall–Kier alpha value is -1.47. The third kappa shape index (κ3) is 39.3. The van der Waals surface area contributed by atoms with Crippen LogP contribution in [0.2, 0.25) is 0 Å². The van der Waals surface area contributed by atoms with Crippen LogP contribution in [0.15, 0.2) is 24.3 Å². The van der Waals surface area contributed by atoms with Gasteiger partial charge in [0.2, 0.25) is 0 Å². The fourth-order valence-corrected chi connectivity index (χ4v) is 6.19. The van der Waals surface area contributed by atoms with Crippen molar-refractivity contribution in [1.29, 1.82) is 0 Å². The third-order valence-corrected chi connectivity index (χ3v) is 9.43. The molecule has 0 aliphatic rings. The molecule has 0 aromatic carbocycles. The van der Waals surface area contributed by atoms with Gasteiger partial charge in [-0.2, -0.15) is 0 Å². The molecule has 0 aromatic rings. The molecule has 0 radical (unpaired) electrons. The summed E-state index contributed by atoms with van der Waals surface area (Å²) in [6, 6.07) is 0. The average molecular weight is 729 g/mol. The van der Waals surface area contributed by atoms with Crippen LogP contribution in [0.4, 0.5) is 0 Å². The maximum absolute atomic E-state index is 12.4. The van der Waals surface area contributed by atoms with Crippen LogP contribution in [0, 0.1) is 0 Å². The molecule has 0 rings (SSSR count). The standard InChI is InChI=1S/C41H77O8P/c1-3-5-7-9-11-13-15-17-19-20-22-23-25-27-29-31-33-35-40(42)47-37-39(38-48-50(44,45)46)49-41(43)36-34-32-30-28-26-24-21-18-16-14-12-10-8-6-4-2/h13,15,24,26,39H,3-12,14,16-23,25,27-38H2,1-2H3,(H2,44,45,46)/b15-13+,26-24+/t39-/m1/s1. The van der Waals surface area contributed by atoms with Crippen molar-refractivity contribution in [3.63, 3.8) is 0 Å². The zero-order chi connectivity index (χ0) is 36.8. The van der Waals surface area contributed by atoms with Crippen molar-refractivity contribution in [2.75, 3.05) is 13.2 Å². The fourth-order valence-electron chi connectivity index (χ4n) is 5.83. The van der Waals surface area contributed by atoms with Crippen LogP contribution in [0.25, 0.3) is 0 Å². The van der Waals surface area contributed by atoms with Gasteiger partial charge in [0.15, 0.2) is 6.10 Å². The topological polar surface area (TPSA) is 119 Å². The molecular formula is C41H77O8P. The number of esters is 2. The van der Waals surface area contributed by atoms with E-state index in [1.807, 2.05) is 0 Å². The molecule has 9 heteroatoms. The minimum Gasteiger partial charge on any atom is -0.462 e. The summed E-state index contributed by atoms with van der Waals surface area (Å²) in [6.07, 6.45) is 41.8. The molecule has 0 aromatic heterocycles. The van der Waals surface area contributed by atoms with Crippen molar-refractivity contribution in [3.8, 4) is 0 Å². The SMILES string of the molecule is CCCCCC/C=C/CCCCCCCCCCCC(=O)OC[C@H](COP(=O)(O)O)OC(=O)CCCCC/C=C/CCCCCCCCCC. The summed E-state index contributed by atoms with van der Waals surface area (Å²) in [5.41, 5.74) is 0. The van der Waals surface area contributed by atoms with Crippen LogP contribution in [-0.4, -0.2) is 41.0 Å². The van der Waals surface area contributed by atoms with Crippen molar-refractivity contribution in [3.05, 3.63) is 24.3 Å². The summed E-state index contributed by atoms with van der Waals surface area (Å²) in [7, 11) is -4.75. The number of phosphoric ester groups is 1. The van der Waals surface area contributed by atoms with Gasteiger partial charge in [0, 0.05) is 12.8 Å². The Bertz CT molecular complexity index is 869. The summed E-state index contributed by atoms with van der Waals surface area (Å²) in [5.74, 6) is -0.900. The van der Waals surface area contributed by atoms with Gasteiger partial charge in [-0.05, 0) is 64.2 Å². The lowest BCUT2D eigenvalue weighted by atomic mass is 10.1. The maximum atomic E-state index is 12.4. The second-order valence-electron chi connectivity index (χ2n) is 14.0. The summed E-state index contributed by atoms with van der Waals surface area (Å²) >= 11 is 0. The number of rotatable bonds is 38. The Kier molecular flexibility index (Phi) is 36.2. The molecule has 0 amide bonds. The number of phosphoric acid groups is 1. The zero-order valence-electron chi connectivity index (χ0n) is 32.3. The highest BCUT2D eigenvalue weighted by molar-refractivity contribution is 7.46. The van der Waals surface area contributed by atoms with Crippen molar-refractivity contribution in [1.82, 2.24) is 0 Å². The van der Waals surface area contributed by atoms with E-state index in [2.05, 4.69) is 42.7 Å². The van der Waals surface area contributed by atoms with Gasteiger partial charge >= 0.3 is 19.8 Å². The fraction of sp³-hybridized carbons (Fsp3) is 0.854. The van der Waals surface area contributed by atoms with Crippen LogP contribution >= 0.6 is 7.82 Å². The van der Waals surface area contributed by atoms with E-state index < -0.39 is 32.5 Å². The molecule has 0 heterocycles. The molecule has 0 aliphatic heterocycles. The lowest BCUT2D eigenvalue weighted by molar-refractivity contribution is -0.161. The molecule has 2 N–H and O–H groups in total. The Morgan fingerprint density at radius 2 is 0.840 bits per heavy atom. The Labute approximate surface area is 307 Å². The van der Waals surface area contributed by atoms with Crippen molar-refractivity contribution in [2.45, 2.75) is 213 Å². The van der Waals surface area contributed by atoms with Crippen LogP contribution in [0.3, 0.4) is 0 Å². The summed E-state index contributed by atoms with van der Waals surface area (Å²) in [4.78, 5) is 42.8. The molecule has 0 fully saturated rings. The predicted molar refractivity (Wildman–Crippen MR) is 207 cm³/mol. The first-order valence-electron chi connectivity index (χ1n) is 20.6. The average Bonchev–Trinajstić information content (AvgIpc) is 3.08. The summed E-state index contributed by atoms with van der Waals surface area (Å²) in [5, 5.41) is 0. The maximum Gasteiger partial charge on any atom is 0.469 e. The number of allylic oxidation sites excluding steroid dienone is 4. The molecule has 0 aliphatic carbocycles. The minimum atomic E-state index is -4.75. The quantitative estimate of drug-likeness (QED) is 0.0279. The molecule has 50 heavy (non-hydrogen) atoms. The van der Waals surface area contributed by atoms with E-state index in [4.69, 9.17) is 19.3 Å². The molecule has 0 spiro atoms. The number of hydrogen-bond acceptors (Lipinski definition) is 6. The van der Waals surface area contributed by atoms with E-state index >= 15 is 0 Å². The first-order chi connectivity index (χ1) is 24.3. The van der Waals surface area contributed by atoms with Gasteiger partial charge < -0.3 is 19.3 Å². The van der Waals surface area contributed by atoms with E-state index in [1.54, 1.807) is 0 Å². The molecule has 0 saturated carbocycles. The van der Waals surface area contributed by atoms with Gasteiger partial charge in [0.25, 0.3) is 0 Å². The highest BCUT2D eigenvalue weighted by Gasteiger charge is 2.22. The summed E-state index contributed by atoms with van der Waals surface area (Å²) < 4.78 is 26.3. The largest absolute Gasteiger partial charge is 0.469 e. The van der Waals surface area contributed by atoms with Crippen LogP contribution in [0.5, 0.6) is 0 Å². The van der Waals surface area contributed by atoms with Crippen molar-refractivity contribution >= 4 is 19.8 Å². The predicted octanol–water partition coefficient (Wildman–Crippen LogP) is 12.4. The van der Waals surface area contributed by atoms with Gasteiger partial charge in [-0.25, -0.2) is 4.57 Å². The first kappa shape index (κ1) is 48.5. The third-order valence-electron chi connectivity index (χ3n) is 8.94. The number of carbonyl (C=O) groups excluding carboxylic acids is 2. The lowest BCUT2D eigenvalue weighted by Gasteiger charge is -2.18. The van der Waals surface area contributed by atoms with Crippen LogP contribution < -0.4 is 0 Å². The van der Waals surface area contributed by atoms with Gasteiger partial charge in [-0.3, -0.25) is 14.1 Å². The number of unbranched alkanes of at least 4 members (excludes halogenated alkanes) is 24. The summed E-state index contributed by atoms with van der Waals surface area (Å²) in [6.45, 7) is 3.67. The van der Waals surface area contributed by atoms with Crippen molar-refractivity contribution < 1.29 is 37.9 Å². The molecule has 294 valence electrons. The highest BCUT2D eigenvalue weighted by Crippen LogP contribution is 2.36. The van der Waals surface area contributed by atoms with Crippen LogP contribution in [-0.2, 0) is 28.2 Å². The van der Waals surface area contributed by atoms with Gasteiger partial charge in [-0.1, -0.05) is 154 Å². The second kappa shape index (κ2) is 37.3. The molecule has 8 nitrogen and oxygen atoms in total. The number of carbonyl (C=O) groups is 2.